The van der Waals surface area contributed by atoms with Gasteiger partial charge in [0.05, 0.1) is 29.3 Å². The van der Waals surface area contributed by atoms with Crippen molar-refractivity contribution in [3.05, 3.63) is 52.5 Å². The molecular weight excluding hydrogens is 504 g/mol. The summed E-state index contributed by atoms with van der Waals surface area (Å²) in [5, 5.41) is 18.4. The van der Waals surface area contributed by atoms with Gasteiger partial charge in [0, 0.05) is 22.2 Å². The van der Waals surface area contributed by atoms with Gasteiger partial charge in [0.1, 0.15) is 5.75 Å². The van der Waals surface area contributed by atoms with Crippen LogP contribution in [0.1, 0.15) is 45.3 Å². The molecular formula is C24H25BrN4O3S. The number of benzene rings is 2. The number of halogens is 1. The predicted octanol–water partition coefficient (Wildman–Crippen LogP) is 4.47. The van der Waals surface area contributed by atoms with Crippen molar-refractivity contribution in [2.24, 2.45) is 0 Å². The molecule has 0 fully saturated rings. The van der Waals surface area contributed by atoms with Crippen molar-refractivity contribution in [1.82, 2.24) is 10.1 Å². The fourth-order valence-electron chi connectivity index (χ4n) is 3.90. The van der Waals surface area contributed by atoms with E-state index in [0.717, 1.165) is 28.6 Å². The van der Waals surface area contributed by atoms with Crippen LogP contribution in [0, 0.1) is 0 Å². The van der Waals surface area contributed by atoms with Gasteiger partial charge in [0.2, 0.25) is 5.91 Å². The molecule has 1 aliphatic rings. The molecule has 0 saturated carbocycles. The average molecular weight is 529 g/mol. The standard InChI is InChI=1S/C24H25BrN4O3S/c1-4-6-13-33-24-26-22(31)21-17-9-7-8-10-20(17)28(15(3)30)23(29(21)27-24)18-14-16(32-5-2)11-12-19(18)25/h7-12,14,23H,4-6,13H2,1-3H3. The van der Waals surface area contributed by atoms with E-state index >= 15 is 0 Å². The van der Waals surface area contributed by atoms with E-state index in [1.165, 1.54) is 18.7 Å². The normalized spacial score (nSPS) is 14.5. The van der Waals surface area contributed by atoms with Gasteiger partial charge in [-0.3, -0.25) is 4.79 Å². The third kappa shape index (κ3) is 4.56. The number of hydrogen-bond acceptors (Lipinski definition) is 6. The van der Waals surface area contributed by atoms with E-state index in [0.29, 0.717) is 34.5 Å². The maximum absolute atomic E-state index is 13.3. The van der Waals surface area contributed by atoms with Gasteiger partial charge in [-0.05, 0) is 43.7 Å². The molecule has 2 aromatic carbocycles. The summed E-state index contributed by atoms with van der Waals surface area (Å²) in [6, 6.07) is 13.0. The second-order valence-electron chi connectivity index (χ2n) is 7.59. The Bertz CT molecular complexity index is 1190. The first kappa shape index (κ1) is 23.5. The van der Waals surface area contributed by atoms with Crippen LogP contribution in [-0.2, 0) is 4.79 Å². The van der Waals surface area contributed by atoms with E-state index in [1.807, 2.05) is 49.4 Å². The van der Waals surface area contributed by atoms with Gasteiger partial charge >= 0.3 is 0 Å². The number of carbonyl (C=O) groups excluding carboxylic acids is 1. The van der Waals surface area contributed by atoms with Gasteiger partial charge in [-0.25, -0.2) is 9.88 Å². The Morgan fingerprint density at radius 3 is 2.79 bits per heavy atom. The molecule has 7 nitrogen and oxygen atoms in total. The first-order valence-corrected chi connectivity index (χ1v) is 12.7. The molecule has 4 rings (SSSR count). The van der Waals surface area contributed by atoms with Gasteiger partial charge in [0.15, 0.2) is 0 Å². The number of ether oxygens (including phenoxy) is 1. The van der Waals surface area contributed by atoms with Crippen molar-refractivity contribution >= 4 is 39.3 Å². The number of nitrogens with zero attached hydrogens (tertiary/aromatic N) is 4. The van der Waals surface area contributed by atoms with Crippen molar-refractivity contribution < 1.29 is 19.3 Å². The molecule has 0 saturated heterocycles. The minimum atomic E-state index is -0.677. The van der Waals surface area contributed by atoms with E-state index in [-0.39, 0.29) is 11.8 Å². The third-order valence-electron chi connectivity index (χ3n) is 5.34. The fourth-order valence-corrected chi connectivity index (χ4v) is 5.26. The minimum absolute atomic E-state index is 0.162. The highest BCUT2D eigenvalue weighted by Crippen LogP contribution is 2.42. The number of rotatable bonds is 7. The number of anilines is 1. The molecule has 0 radical (unpaired) electrons. The summed E-state index contributed by atoms with van der Waals surface area (Å²) in [6.45, 7) is 6.07. The molecule has 1 aromatic heterocycles. The van der Waals surface area contributed by atoms with Gasteiger partial charge in [-0.15, -0.1) is 0 Å². The number of unbranched alkanes of at least 4 members (excludes halogenated alkanes) is 1. The number of fused-ring (bicyclic) bond motifs is 3. The van der Waals surface area contributed by atoms with Crippen LogP contribution in [0.5, 0.6) is 11.6 Å². The molecule has 0 bridgehead atoms. The number of carbonyl (C=O) groups is 1. The van der Waals surface area contributed by atoms with Crippen LogP contribution in [0.25, 0.3) is 11.3 Å². The smallest absolute Gasteiger partial charge is 0.294 e. The first-order chi connectivity index (χ1) is 16.0. The zero-order valence-corrected chi connectivity index (χ0v) is 21.1. The topological polar surface area (TPSA) is 82.3 Å². The lowest BCUT2D eigenvalue weighted by molar-refractivity contribution is -0.764. The lowest BCUT2D eigenvalue weighted by Gasteiger charge is -2.33. The Kier molecular flexibility index (Phi) is 7.19. The summed E-state index contributed by atoms with van der Waals surface area (Å²) < 4.78 is 8.15. The van der Waals surface area contributed by atoms with Crippen LogP contribution in [0.15, 0.2) is 52.1 Å². The van der Waals surface area contributed by atoms with Crippen LogP contribution < -0.4 is 19.4 Å². The van der Waals surface area contributed by atoms with Gasteiger partial charge in [0.25, 0.3) is 17.0 Å². The average Bonchev–Trinajstić information content (AvgIpc) is 2.79. The van der Waals surface area contributed by atoms with Gasteiger partial charge in [-0.1, -0.05) is 57.9 Å². The minimum Gasteiger partial charge on any atom is -0.854 e. The SMILES string of the molecule is CCCCSc1nc([O-])c2[n+](n1)C(c1cc(OCC)ccc1Br)N(C(C)=O)c1ccccc1-2. The molecule has 0 N–H and O–H groups in total. The molecule has 0 spiro atoms. The summed E-state index contributed by atoms with van der Waals surface area (Å²) in [5.74, 6) is 0.970. The summed E-state index contributed by atoms with van der Waals surface area (Å²) in [6.07, 6.45) is 1.36. The fraction of sp³-hybridized carbons (Fsp3) is 0.333. The third-order valence-corrected chi connectivity index (χ3v) is 6.99. The Labute approximate surface area is 205 Å². The largest absolute Gasteiger partial charge is 0.854 e. The second kappa shape index (κ2) is 10.1. The van der Waals surface area contributed by atoms with E-state index in [1.54, 1.807) is 9.58 Å². The monoisotopic (exact) mass is 528 g/mol. The summed E-state index contributed by atoms with van der Waals surface area (Å²) in [5.41, 5.74) is 2.41. The van der Waals surface area contributed by atoms with E-state index < -0.39 is 6.17 Å². The molecule has 9 heteroatoms. The zero-order chi connectivity index (χ0) is 23.5. The summed E-state index contributed by atoms with van der Waals surface area (Å²) in [7, 11) is 0. The molecule has 2 heterocycles. The van der Waals surface area contributed by atoms with Crippen molar-refractivity contribution in [3.8, 4) is 22.9 Å². The molecule has 1 amide bonds. The van der Waals surface area contributed by atoms with Crippen molar-refractivity contribution in [1.29, 1.82) is 0 Å². The molecule has 0 aliphatic carbocycles. The highest BCUT2D eigenvalue weighted by atomic mass is 79.9. The van der Waals surface area contributed by atoms with Crippen LogP contribution in [0.2, 0.25) is 0 Å². The number of thioether (sulfide) groups is 1. The van der Waals surface area contributed by atoms with Crippen LogP contribution in [0.4, 0.5) is 5.69 Å². The summed E-state index contributed by atoms with van der Waals surface area (Å²) >= 11 is 5.09. The quantitative estimate of drug-likeness (QED) is 0.255. The highest BCUT2D eigenvalue weighted by molar-refractivity contribution is 9.10. The molecule has 33 heavy (non-hydrogen) atoms. The summed E-state index contributed by atoms with van der Waals surface area (Å²) in [4.78, 5) is 18.9. The molecule has 172 valence electrons. The van der Waals surface area contributed by atoms with Gasteiger partial charge in [-0.2, -0.15) is 0 Å². The van der Waals surface area contributed by atoms with Crippen molar-refractivity contribution in [2.45, 2.75) is 44.9 Å². The predicted molar refractivity (Wildman–Crippen MR) is 129 cm³/mol. The Balaban J connectivity index is 1.98. The molecule has 3 aromatic rings. The second-order valence-corrected chi connectivity index (χ2v) is 9.51. The van der Waals surface area contributed by atoms with Crippen molar-refractivity contribution in [2.75, 3.05) is 17.3 Å². The van der Waals surface area contributed by atoms with Gasteiger partial charge < -0.3 is 9.84 Å². The Morgan fingerprint density at radius 2 is 2.06 bits per heavy atom. The van der Waals surface area contributed by atoms with E-state index in [2.05, 4.69) is 27.8 Å². The van der Waals surface area contributed by atoms with E-state index in [9.17, 15) is 9.90 Å². The molecule has 1 atom stereocenters. The van der Waals surface area contributed by atoms with Crippen LogP contribution >= 0.6 is 27.7 Å². The lowest BCUT2D eigenvalue weighted by Crippen LogP contribution is -2.58. The number of aromatic nitrogens is 3. The maximum atomic E-state index is 13.3. The maximum Gasteiger partial charge on any atom is 0.294 e. The Morgan fingerprint density at radius 1 is 1.27 bits per heavy atom. The first-order valence-electron chi connectivity index (χ1n) is 10.9. The number of hydrogen-bond donors (Lipinski definition) is 0. The Hall–Kier alpha value is -2.65. The van der Waals surface area contributed by atoms with Crippen LogP contribution in [-0.4, -0.2) is 28.3 Å². The number of para-hydroxylation sites is 1. The van der Waals surface area contributed by atoms with E-state index in [4.69, 9.17) is 9.84 Å². The zero-order valence-electron chi connectivity index (χ0n) is 18.7. The molecule has 1 unspecified atom stereocenters. The van der Waals surface area contributed by atoms with Crippen molar-refractivity contribution in [3.63, 3.8) is 0 Å². The lowest BCUT2D eigenvalue weighted by atomic mass is 10.0. The molecule has 1 aliphatic heterocycles. The van der Waals surface area contributed by atoms with Crippen LogP contribution in [0.3, 0.4) is 0 Å². The number of amides is 1. The highest BCUT2D eigenvalue weighted by Gasteiger charge is 2.44.